The van der Waals surface area contributed by atoms with Crippen LogP contribution in [0.2, 0.25) is 0 Å². The van der Waals surface area contributed by atoms with Crippen molar-refractivity contribution in [2.45, 2.75) is 38.8 Å². The number of hydrogen-bond donors (Lipinski definition) is 1. The van der Waals surface area contributed by atoms with Crippen molar-refractivity contribution < 1.29 is 0 Å². The molecule has 0 saturated heterocycles. The Balaban J connectivity index is 2.01. The molecule has 0 radical (unpaired) electrons. The maximum Gasteiger partial charge on any atom is 0.125 e. The van der Waals surface area contributed by atoms with Crippen LogP contribution in [-0.4, -0.2) is 16.6 Å². The van der Waals surface area contributed by atoms with Gasteiger partial charge in [-0.25, -0.2) is 4.98 Å². The number of hydrogen-bond acceptors (Lipinski definition) is 2. The van der Waals surface area contributed by atoms with Gasteiger partial charge >= 0.3 is 0 Å². The molecule has 2 aromatic rings. The summed E-state index contributed by atoms with van der Waals surface area (Å²) in [6, 6.07) is 11.0. The van der Waals surface area contributed by atoms with Crippen molar-refractivity contribution in [2.24, 2.45) is 0 Å². The number of imidazole rings is 1. The normalized spacial score (nSPS) is 12.5. The van der Waals surface area contributed by atoms with Crippen molar-refractivity contribution in [3.63, 3.8) is 0 Å². The molecule has 0 amide bonds. The smallest absolute Gasteiger partial charge is 0.125 e. The summed E-state index contributed by atoms with van der Waals surface area (Å²) in [5, 5.41) is 3.39. The van der Waals surface area contributed by atoms with E-state index in [1.165, 1.54) is 5.56 Å². The zero-order valence-corrected chi connectivity index (χ0v) is 11.8. The third-order valence-corrected chi connectivity index (χ3v) is 3.44. The van der Waals surface area contributed by atoms with Crippen LogP contribution in [0.3, 0.4) is 0 Å². The predicted molar refractivity (Wildman–Crippen MR) is 79.1 cm³/mol. The van der Waals surface area contributed by atoms with E-state index >= 15 is 0 Å². The van der Waals surface area contributed by atoms with Crippen LogP contribution in [-0.2, 0) is 13.0 Å². The summed E-state index contributed by atoms with van der Waals surface area (Å²) >= 11 is 0. The Morgan fingerprint density at radius 2 is 2.05 bits per heavy atom. The highest BCUT2D eigenvalue weighted by molar-refractivity contribution is 5.15. The third kappa shape index (κ3) is 3.67. The highest BCUT2D eigenvalue weighted by atomic mass is 15.1. The summed E-state index contributed by atoms with van der Waals surface area (Å²) in [6.45, 7) is 3.24. The average molecular weight is 257 g/mol. The molecule has 19 heavy (non-hydrogen) atoms. The maximum atomic E-state index is 4.52. The Morgan fingerprint density at radius 1 is 1.26 bits per heavy atom. The van der Waals surface area contributed by atoms with Gasteiger partial charge in [-0.05, 0) is 31.9 Å². The Morgan fingerprint density at radius 3 is 2.74 bits per heavy atom. The van der Waals surface area contributed by atoms with Crippen molar-refractivity contribution in [1.29, 1.82) is 0 Å². The molecular weight excluding hydrogens is 234 g/mol. The number of nitrogens with zero attached hydrogens (tertiary/aromatic N) is 2. The highest BCUT2D eigenvalue weighted by Crippen LogP contribution is 2.18. The minimum Gasteiger partial charge on any atom is -0.334 e. The van der Waals surface area contributed by atoms with E-state index in [0.717, 1.165) is 31.6 Å². The minimum absolute atomic E-state index is 0.321. The molecule has 0 aliphatic carbocycles. The van der Waals surface area contributed by atoms with Crippen molar-refractivity contribution >= 4 is 0 Å². The lowest BCUT2D eigenvalue weighted by molar-refractivity contribution is 0.486. The first kappa shape index (κ1) is 13.8. The fourth-order valence-corrected chi connectivity index (χ4v) is 2.42. The van der Waals surface area contributed by atoms with Crippen molar-refractivity contribution in [3.05, 3.63) is 54.1 Å². The van der Waals surface area contributed by atoms with Gasteiger partial charge < -0.3 is 9.88 Å². The van der Waals surface area contributed by atoms with E-state index < -0.39 is 0 Å². The van der Waals surface area contributed by atoms with Gasteiger partial charge in [-0.15, -0.1) is 0 Å². The fraction of sp³-hybridized carbons (Fsp3) is 0.438. The fourth-order valence-electron chi connectivity index (χ4n) is 2.42. The van der Waals surface area contributed by atoms with Gasteiger partial charge in [0.25, 0.3) is 0 Å². The number of rotatable bonds is 7. The minimum atomic E-state index is 0.321. The number of aryl methyl sites for hydroxylation is 2. The summed E-state index contributed by atoms with van der Waals surface area (Å²) in [7, 11) is 2.01. The van der Waals surface area contributed by atoms with Gasteiger partial charge in [-0.3, -0.25) is 0 Å². The Bertz CT molecular complexity index is 476. The number of nitrogens with one attached hydrogen (secondary N) is 1. The van der Waals surface area contributed by atoms with Gasteiger partial charge in [0.05, 0.1) is 6.04 Å². The first-order chi connectivity index (χ1) is 9.35. The Hall–Kier alpha value is -1.61. The highest BCUT2D eigenvalue weighted by Gasteiger charge is 2.14. The van der Waals surface area contributed by atoms with Crippen LogP contribution in [0.5, 0.6) is 0 Å². The molecule has 1 atom stereocenters. The molecule has 0 spiro atoms. The van der Waals surface area contributed by atoms with E-state index in [1.807, 2.05) is 13.2 Å². The first-order valence-electron chi connectivity index (χ1n) is 7.07. The molecule has 2 rings (SSSR count). The molecule has 1 aromatic heterocycles. The molecule has 3 heteroatoms. The summed E-state index contributed by atoms with van der Waals surface area (Å²) < 4.78 is 2.26. The van der Waals surface area contributed by atoms with Crippen LogP contribution in [0, 0.1) is 0 Å². The van der Waals surface area contributed by atoms with Crippen molar-refractivity contribution in [3.8, 4) is 0 Å². The van der Waals surface area contributed by atoms with Crippen LogP contribution in [0.15, 0.2) is 42.7 Å². The SMILES string of the molecule is CCCn1ccnc1C(CCc1ccccc1)NC. The molecule has 102 valence electrons. The lowest BCUT2D eigenvalue weighted by Gasteiger charge is -2.17. The van der Waals surface area contributed by atoms with E-state index in [1.54, 1.807) is 0 Å². The standard InChI is InChI=1S/C16H23N3/c1-3-12-19-13-11-18-16(19)15(17-2)10-9-14-7-5-4-6-8-14/h4-8,11,13,15,17H,3,9-10,12H2,1-2H3. The van der Waals surface area contributed by atoms with Crippen LogP contribution >= 0.6 is 0 Å². The largest absolute Gasteiger partial charge is 0.334 e. The molecular formula is C16H23N3. The zero-order chi connectivity index (χ0) is 13.5. The molecule has 1 heterocycles. The topological polar surface area (TPSA) is 29.9 Å². The molecule has 0 aliphatic heterocycles. The number of benzene rings is 1. The van der Waals surface area contributed by atoms with E-state index in [9.17, 15) is 0 Å². The second kappa shape index (κ2) is 7.10. The monoisotopic (exact) mass is 257 g/mol. The molecule has 0 aliphatic rings. The second-order valence-electron chi connectivity index (χ2n) is 4.84. The lowest BCUT2D eigenvalue weighted by Crippen LogP contribution is -2.21. The van der Waals surface area contributed by atoms with Gasteiger partial charge in [-0.2, -0.15) is 0 Å². The van der Waals surface area contributed by atoms with E-state index in [-0.39, 0.29) is 0 Å². The summed E-state index contributed by atoms with van der Waals surface area (Å²) in [6.07, 6.45) is 7.26. The molecule has 0 saturated carbocycles. The van der Waals surface area contributed by atoms with E-state index in [2.05, 4.69) is 58.3 Å². The third-order valence-electron chi connectivity index (χ3n) is 3.44. The van der Waals surface area contributed by atoms with Gasteiger partial charge in [-0.1, -0.05) is 37.3 Å². The quantitative estimate of drug-likeness (QED) is 0.825. The molecule has 0 bridgehead atoms. The molecule has 3 nitrogen and oxygen atoms in total. The van der Waals surface area contributed by atoms with Gasteiger partial charge in [0.15, 0.2) is 0 Å². The summed E-state index contributed by atoms with van der Waals surface area (Å²) in [4.78, 5) is 4.52. The average Bonchev–Trinajstić information content (AvgIpc) is 2.90. The number of aromatic nitrogens is 2. The van der Waals surface area contributed by atoms with Crippen LogP contribution in [0.1, 0.15) is 37.2 Å². The van der Waals surface area contributed by atoms with Crippen LogP contribution in [0.4, 0.5) is 0 Å². The zero-order valence-electron chi connectivity index (χ0n) is 11.8. The van der Waals surface area contributed by atoms with Crippen LogP contribution in [0.25, 0.3) is 0 Å². The molecule has 1 N–H and O–H groups in total. The molecule has 0 fully saturated rings. The maximum absolute atomic E-state index is 4.52. The second-order valence-corrected chi connectivity index (χ2v) is 4.84. The van der Waals surface area contributed by atoms with Gasteiger partial charge in [0, 0.05) is 18.9 Å². The van der Waals surface area contributed by atoms with Crippen LogP contribution < -0.4 is 5.32 Å². The summed E-state index contributed by atoms with van der Waals surface area (Å²) in [5.41, 5.74) is 1.39. The van der Waals surface area contributed by atoms with E-state index in [4.69, 9.17) is 0 Å². The van der Waals surface area contributed by atoms with Gasteiger partial charge in [0.1, 0.15) is 5.82 Å². The Kier molecular flexibility index (Phi) is 5.16. The Labute approximate surface area is 115 Å². The van der Waals surface area contributed by atoms with Gasteiger partial charge in [0.2, 0.25) is 0 Å². The van der Waals surface area contributed by atoms with Crippen molar-refractivity contribution in [2.75, 3.05) is 7.05 Å². The first-order valence-corrected chi connectivity index (χ1v) is 7.07. The van der Waals surface area contributed by atoms with E-state index in [0.29, 0.717) is 6.04 Å². The lowest BCUT2D eigenvalue weighted by atomic mass is 10.0. The summed E-state index contributed by atoms with van der Waals surface area (Å²) in [5.74, 6) is 1.15. The molecule has 1 aromatic carbocycles. The predicted octanol–water partition coefficient (Wildman–Crippen LogP) is 3.19. The van der Waals surface area contributed by atoms with Crippen molar-refractivity contribution in [1.82, 2.24) is 14.9 Å². The molecule has 1 unspecified atom stereocenters.